The van der Waals surface area contributed by atoms with Gasteiger partial charge in [-0.3, -0.25) is 40.4 Å². The Hall–Kier alpha value is -13.1. The molecule has 0 saturated carbocycles. The minimum atomic E-state index is -0.813. The Kier molecular flexibility index (Phi) is 28.8. The topological polar surface area (TPSA) is 298 Å². The third-order valence-corrected chi connectivity index (χ3v) is 23.7. The van der Waals surface area contributed by atoms with Gasteiger partial charge in [0, 0.05) is 146 Å². The Balaban J connectivity index is 0.000000146. The summed E-state index contributed by atoms with van der Waals surface area (Å²) in [6.45, 7) is 24.1. The molecule has 0 spiro atoms. The molecule has 672 valence electrons. The summed E-state index contributed by atoms with van der Waals surface area (Å²) in [7, 11) is 0. The van der Waals surface area contributed by atoms with Crippen molar-refractivity contribution in [1.29, 1.82) is 0 Å². The summed E-state index contributed by atoms with van der Waals surface area (Å²) in [5, 5.41) is 17.0. The van der Waals surface area contributed by atoms with Crippen molar-refractivity contribution in [2.24, 2.45) is 0 Å². The van der Waals surface area contributed by atoms with E-state index in [0.29, 0.717) is 129 Å². The number of carbonyl (C=O) groups excluding carboxylic acids is 8. The lowest BCUT2D eigenvalue weighted by molar-refractivity contribution is -0.133. The number of aromatic amines is 4. The predicted octanol–water partition coefficient (Wildman–Crippen LogP) is 19.2. The highest BCUT2D eigenvalue weighted by atomic mass is 16.6. The van der Waals surface area contributed by atoms with Gasteiger partial charge in [0.2, 0.25) is 23.6 Å². The number of para-hydroxylation sites is 4. The number of benzene rings is 8. The lowest BCUT2D eigenvalue weighted by Gasteiger charge is -2.40. The van der Waals surface area contributed by atoms with Crippen LogP contribution in [0, 0.1) is 0 Å². The molecule has 4 atom stereocenters. The summed E-state index contributed by atoms with van der Waals surface area (Å²) in [5.74, 6) is 0.210. The van der Waals surface area contributed by atoms with Crippen molar-refractivity contribution < 1.29 is 57.3 Å². The zero-order valence-corrected chi connectivity index (χ0v) is 75.9. The molecule has 24 nitrogen and oxygen atoms in total. The lowest BCUT2D eigenvalue weighted by Crippen LogP contribution is -2.60. The third-order valence-electron chi connectivity index (χ3n) is 23.7. The minimum Gasteiger partial charge on any atom is -0.444 e. The molecule has 8 heterocycles. The SMILES string of the molecule is CC(C)(C)OC(=O)N[C@@]1(Cc2ccccc2)CCC(=O)N1CCc1c[nH]c2ccccc12.CC(C)(C)OC(=O)N[C@@]1(Cc2ccccc2)CCC(=O)N1CCc1c[nH]c2ccccc12.CC(C)(C)OC(=O)N[C@@]1(Cc2ccccc2)CCC(=O)N1CCc1c[nH]c2ccccc12.CC(C)(C)OC(=O)N[C@@]1(Cc2ccccc2)CCC(=O)N1CCc1c[nH]c2ccccc12. The first-order chi connectivity index (χ1) is 61.0. The summed E-state index contributed by atoms with van der Waals surface area (Å²) in [4.78, 5) is 124. The Morgan fingerprint density at radius 1 is 0.281 bits per heavy atom. The molecule has 128 heavy (non-hydrogen) atoms. The number of hydrogen-bond donors (Lipinski definition) is 8. The van der Waals surface area contributed by atoms with Crippen LogP contribution in [-0.2, 0) is 89.5 Å². The van der Waals surface area contributed by atoms with Gasteiger partial charge in [-0.2, -0.15) is 0 Å². The van der Waals surface area contributed by atoms with E-state index < -0.39 is 69.4 Å². The van der Waals surface area contributed by atoms with Crippen molar-refractivity contribution >= 4 is 91.6 Å². The number of carbonyl (C=O) groups is 8. The van der Waals surface area contributed by atoms with Crippen molar-refractivity contribution in [3.8, 4) is 0 Å². The standard InChI is InChI=1S/4C26H31N3O3/c4*1-25(2,3)32-24(31)28-26(17-19-9-5-4-6-10-19)15-13-23(30)29(26)16-14-20-18-27-22-12-8-7-11-21(20)22/h4*4-12,18,27H,13-17H2,1-3H3,(H,28,31)/t4*26-/m0000/s1. The van der Waals surface area contributed by atoms with Gasteiger partial charge < -0.3 is 58.5 Å². The van der Waals surface area contributed by atoms with E-state index >= 15 is 0 Å². The average molecular weight is 1730 g/mol. The smallest absolute Gasteiger partial charge is 0.409 e. The van der Waals surface area contributed by atoms with E-state index in [9.17, 15) is 38.4 Å². The minimum absolute atomic E-state index is 0.0526. The first kappa shape index (κ1) is 92.5. The van der Waals surface area contributed by atoms with Crippen LogP contribution >= 0.6 is 0 Å². The molecule has 4 aliphatic rings. The van der Waals surface area contributed by atoms with Crippen LogP contribution in [0.25, 0.3) is 43.6 Å². The number of nitrogens with zero attached hydrogens (tertiary/aromatic N) is 4. The van der Waals surface area contributed by atoms with Gasteiger partial charge in [0.05, 0.1) is 0 Å². The Morgan fingerprint density at radius 2 is 0.461 bits per heavy atom. The zero-order valence-electron chi connectivity index (χ0n) is 75.9. The summed E-state index contributed by atoms with van der Waals surface area (Å²) in [5.41, 5.74) is 7.51. The van der Waals surface area contributed by atoms with Crippen LogP contribution in [0.3, 0.4) is 0 Å². The van der Waals surface area contributed by atoms with Crippen LogP contribution in [0.15, 0.2) is 243 Å². The van der Waals surface area contributed by atoms with Gasteiger partial charge in [0.15, 0.2) is 0 Å². The molecule has 4 aromatic heterocycles. The maximum atomic E-state index is 13.0. The number of ether oxygens (including phenoxy) is 4. The monoisotopic (exact) mass is 1730 g/mol. The molecule has 4 saturated heterocycles. The lowest BCUT2D eigenvalue weighted by atomic mass is 9.96. The van der Waals surface area contributed by atoms with Crippen LogP contribution in [0.4, 0.5) is 19.2 Å². The van der Waals surface area contributed by atoms with Crippen LogP contribution in [0.2, 0.25) is 0 Å². The maximum Gasteiger partial charge on any atom is 0.409 e. The third kappa shape index (κ3) is 24.0. The maximum absolute atomic E-state index is 13.0. The normalized spacial score (nSPS) is 18.8. The first-order valence-electron chi connectivity index (χ1n) is 44.7. The van der Waals surface area contributed by atoms with Crippen LogP contribution in [0.1, 0.15) is 179 Å². The fourth-order valence-corrected chi connectivity index (χ4v) is 18.1. The molecule has 0 radical (unpaired) electrons. The molecule has 4 aliphatic heterocycles. The van der Waals surface area contributed by atoms with Crippen molar-refractivity contribution in [2.75, 3.05) is 26.2 Å². The first-order valence-corrected chi connectivity index (χ1v) is 44.7. The second-order valence-corrected chi connectivity index (χ2v) is 37.9. The van der Waals surface area contributed by atoms with E-state index in [-0.39, 0.29) is 23.6 Å². The highest BCUT2D eigenvalue weighted by Gasteiger charge is 2.51. The van der Waals surface area contributed by atoms with E-state index in [1.54, 1.807) is 0 Å². The molecule has 8 amide bonds. The highest BCUT2D eigenvalue weighted by Crippen LogP contribution is 2.39. The van der Waals surface area contributed by atoms with E-state index in [2.05, 4.69) is 65.5 Å². The van der Waals surface area contributed by atoms with Gasteiger partial charge in [-0.25, -0.2) is 19.2 Å². The van der Waals surface area contributed by atoms with Gasteiger partial charge in [-0.15, -0.1) is 0 Å². The summed E-state index contributed by atoms with van der Waals surface area (Å²) < 4.78 is 22.2. The number of nitrogens with one attached hydrogen (secondary N) is 8. The number of fused-ring (bicyclic) bond motifs is 4. The van der Waals surface area contributed by atoms with Crippen LogP contribution in [0.5, 0.6) is 0 Å². The van der Waals surface area contributed by atoms with Gasteiger partial charge in [0.25, 0.3) is 0 Å². The van der Waals surface area contributed by atoms with Gasteiger partial charge in [0.1, 0.15) is 45.1 Å². The fraction of sp³-hybridized carbons (Fsp3) is 0.385. The molecule has 0 aliphatic carbocycles. The predicted molar refractivity (Wildman–Crippen MR) is 501 cm³/mol. The van der Waals surface area contributed by atoms with Crippen molar-refractivity contribution in [3.05, 3.63) is 288 Å². The second kappa shape index (κ2) is 39.8. The number of amides is 8. The van der Waals surface area contributed by atoms with Crippen molar-refractivity contribution in [1.82, 2.24) is 60.8 Å². The number of likely N-dealkylation sites (tertiary alicyclic amines) is 4. The molecule has 4 fully saturated rings. The van der Waals surface area contributed by atoms with E-state index in [0.717, 1.165) is 88.1 Å². The molecule has 0 unspecified atom stereocenters. The molecule has 12 aromatic rings. The molecule has 16 rings (SSSR count). The largest absolute Gasteiger partial charge is 0.444 e. The quantitative estimate of drug-likeness (QED) is 0.0262. The van der Waals surface area contributed by atoms with Crippen molar-refractivity contribution in [2.45, 2.75) is 231 Å². The number of rotatable bonds is 24. The number of alkyl carbamates (subject to hydrolysis) is 4. The highest BCUT2D eigenvalue weighted by molar-refractivity contribution is 5.88. The average Bonchev–Trinajstić information content (AvgIpc) is 1.64. The van der Waals surface area contributed by atoms with Gasteiger partial charge in [-0.05, 0) is 203 Å². The number of hydrogen-bond acceptors (Lipinski definition) is 12. The summed E-state index contributed by atoms with van der Waals surface area (Å²) in [6.07, 6.45) is 14.7. The number of aromatic nitrogens is 4. The summed E-state index contributed by atoms with van der Waals surface area (Å²) in [6, 6.07) is 72.5. The zero-order chi connectivity index (χ0) is 91.1. The van der Waals surface area contributed by atoms with Crippen LogP contribution in [-0.4, -0.2) is 159 Å². The van der Waals surface area contributed by atoms with Crippen LogP contribution < -0.4 is 21.3 Å². The Bertz CT molecular complexity index is 5110. The Morgan fingerprint density at radius 3 is 0.648 bits per heavy atom. The van der Waals surface area contributed by atoms with Crippen molar-refractivity contribution in [3.63, 3.8) is 0 Å². The molecule has 0 bridgehead atoms. The fourth-order valence-electron chi connectivity index (χ4n) is 18.1. The van der Waals surface area contributed by atoms with E-state index in [1.807, 2.05) is 322 Å². The number of H-pyrrole nitrogens is 4. The molecular weight excluding hydrogens is 1610 g/mol. The molecule has 8 N–H and O–H groups in total. The Labute approximate surface area is 750 Å². The second-order valence-electron chi connectivity index (χ2n) is 37.9. The van der Waals surface area contributed by atoms with Gasteiger partial charge >= 0.3 is 24.4 Å². The van der Waals surface area contributed by atoms with Gasteiger partial charge in [-0.1, -0.05) is 194 Å². The summed E-state index contributed by atoms with van der Waals surface area (Å²) >= 11 is 0. The molecular formula is C104H124N12O12. The molecule has 8 aromatic carbocycles. The van der Waals surface area contributed by atoms with E-state index in [4.69, 9.17) is 18.9 Å². The van der Waals surface area contributed by atoms with E-state index in [1.165, 1.54) is 0 Å². The molecule has 24 heteroatoms.